The van der Waals surface area contributed by atoms with Crippen LogP contribution in [0, 0.1) is 0 Å². The van der Waals surface area contributed by atoms with Crippen molar-refractivity contribution < 1.29 is 68.1 Å². The zero-order valence-corrected chi connectivity index (χ0v) is 39.6. The van der Waals surface area contributed by atoms with Crippen molar-refractivity contribution in [2.75, 3.05) is 54.0 Å². The van der Waals surface area contributed by atoms with Crippen LogP contribution in [0.1, 0.15) is 168 Å². The second-order valence-corrected chi connectivity index (χ2v) is 18.6. The number of carboxylic acid groups (broad SMARTS) is 1. The maximum Gasteiger partial charge on any atom is 0.371 e. The van der Waals surface area contributed by atoms with Crippen LogP contribution in [0.25, 0.3) is 0 Å². The third kappa shape index (κ3) is 23.1. The van der Waals surface area contributed by atoms with E-state index in [1.807, 2.05) is 35.0 Å². The van der Waals surface area contributed by atoms with Crippen molar-refractivity contribution in [2.24, 2.45) is 0 Å². The van der Waals surface area contributed by atoms with E-state index in [1.165, 1.54) is 89.9 Å². The average Bonchev–Trinajstić information content (AvgIpc) is 3.23. The van der Waals surface area contributed by atoms with E-state index in [1.54, 1.807) is 0 Å². The molecule has 0 spiro atoms. The number of rotatable bonds is 37. The molecule has 1 fully saturated rings. The van der Waals surface area contributed by atoms with Gasteiger partial charge in [0.05, 0.1) is 21.1 Å². The van der Waals surface area contributed by atoms with Gasteiger partial charge in [0.1, 0.15) is 24.4 Å². The van der Waals surface area contributed by atoms with E-state index in [2.05, 4.69) is 10.6 Å². The lowest BCUT2D eigenvalue weighted by atomic mass is 9.93. The Hall–Kier alpha value is -2.41. The number of aliphatic carboxylic acids is 1. The average molecular weight is 903 g/mol. The number of hydrogen-bond donors (Lipinski definition) is 7. The standard InChI is InChI=1S/C47H87N3O13/c1-6-8-32-59-36-34-37(44(56)57)61-46(39(36)52)63-47(58)41(54)40(53)45(60-33-9-7-2)62-42(47)43(55)49-31-29-27-25-23-21-19-17-15-13-11-10-12-14-16-18-20-22-24-26-28-30-48-38(51)35-50(3,4)5/h34,36,39-42,45-46,52-54,58H,6-33,35H2,1-5H3,(H2-,48,49,51,55,56,57)/p+1/t36-,39+,40+,41-,42+,45+,46+,47-/m1/s1. The molecule has 368 valence electrons. The number of nitrogens with one attached hydrogen (secondary N) is 2. The number of carboxylic acids is 1. The van der Waals surface area contributed by atoms with Gasteiger partial charge in [-0.05, 0) is 31.8 Å². The lowest BCUT2D eigenvalue weighted by Gasteiger charge is -2.48. The van der Waals surface area contributed by atoms with Crippen LogP contribution >= 0.6 is 0 Å². The molecule has 2 aliphatic rings. The first-order chi connectivity index (χ1) is 30.1. The Morgan fingerprint density at radius 2 is 1.10 bits per heavy atom. The Balaban J connectivity index is 1.62. The fraction of sp³-hybridized carbons (Fsp3) is 0.894. The van der Waals surface area contributed by atoms with Crippen molar-refractivity contribution in [2.45, 2.75) is 217 Å². The second kappa shape index (κ2) is 32.3. The first kappa shape index (κ1) is 56.7. The molecule has 2 amide bonds. The second-order valence-electron chi connectivity index (χ2n) is 18.6. The fourth-order valence-corrected chi connectivity index (χ4v) is 7.72. The molecule has 2 aliphatic heterocycles. The molecule has 0 saturated carbocycles. The van der Waals surface area contributed by atoms with Gasteiger partial charge in [0.25, 0.3) is 11.8 Å². The summed E-state index contributed by atoms with van der Waals surface area (Å²) >= 11 is 0. The highest BCUT2D eigenvalue weighted by Gasteiger charge is 2.61. The molecule has 63 heavy (non-hydrogen) atoms. The molecule has 2 rings (SSSR count). The molecule has 7 N–H and O–H groups in total. The van der Waals surface area contributed by atoms with Gasteiger partial charge in [-0.15, -0.1) is 0 Å². The van der Waals surface area contributed by atoms with Crippen LogP contribution in [-0.4, -0.2) is 151 Å². The number of unbranched alkanes of at least 4 members (excludes halogenated alkanes) is 21. The quantitative estimate of drug-likeness (QED) is 0.0231. The minimum Gasteiger partial charge on any atom is -0.475 e. The van der Waals surface area contributed by atoms with Crippen molar-refractivity contribution in [1.29, 1.82) is 0 Å². The van der Waals surface area contributed by atoms with Crippen LogP contribution in [0.5, 0.6) is 0 Å². The van der Waals surface area contributed by atoms with Crippen LogP contribution in [-0.2, 0) is 38.1 Å². The zero-order valence-electron chi connectivity index (χ0n) is 39.6. The third-order valence-corrected chi connectivity index (χ3v) is 11.5. The van der Waals surface area contributed by atoms with Gasteiger partial charge >= 0.3 is 5.97 Å². The number of hydrogen-bond acceptors (Lipinski definition) is 12. The van der Waals surface area contributed by atoms with E-state index in [0.29, 0.717) is 30.3 Å². The minimum atomic E-state index is -2.98. The van der Waals surface area contributed by atoms with E-state index >= 15 is 0 Å². The van der Waals surface area contributed by atoms with Crippen LogP contribution in [0.2, 0.25) is 0 Å². The zero-order chi connectivity index (χ0) is 46.5. The Morgan fingerprint density at radius 3 is 1.54 bits per heavy atom. The van der Waals surface area contributed by atoms with E-state index in [4.69, 9.17) is 23.7 Å². The van der Waals surface area contributed by atoms with E-state index in [0.717, 1.165) is 57.6 Å². The Kier molecular flexibility index (Phi) is 29.1. The molecule has 16 nitrogen and oxygen atoms in total. The summed E-state index contributed by atoms with van der Waals surface area (Å²) in [4.78, 5) is 37.3. The first-order valence-corrected chi connectivity index (χ1v) is 24.4. The molecule has 0 aromatic heterocycles. The van der Waals surface area contributed by atoms with Gasteiger partial charge in [0.2, 0.25) is 17.8 Å². The predicted molar refractivity (Wildman–Crippen MR) is 240 cm³/mol. The molecular formula is C47H88N3O13+. The molecule has 0 aromatic rings. The fourth-order valence-electron chi connectivity index (χ4n) is 7.72. The number of ether oxygens (including phenoxy) is 5. The minimum absolute atomic E-state index is 0.139. The molecule has 0 aliphatic carbocycles. The normalized spacial score (nSPS) is 25.0. The highest BCUT2D eigenvalue weighted by Crippen LogP contribution is 2.36. The van der Waals surface area contributed by atoms with Crippen molar-refractivity contribution in [1.82, 2.24) is 10.6 Å². The SMILES string of the molecule is CCCCO[C@H]1O[C@@H](C(=O)NCCCCCCCCCCCCCCCCCCCCCCNC(=O)C[N+](C)(C)C)[C@](O)(O[C@@H]2OC(C(=O)O)=C[C@@H](OCCCC)[C@@H]2O)[C@H](O)[C@@H]1O. The van der Waals surface area contributed by atoms with Gasteiger partial charge in [0.15, 0.2) is 18.9 Å². The van der Waals surface area contributed by atoms with Gasteiger partial charge in [-0.3, -0.25) is 9.59 Å². The third-order valence-electron chi connectivity index (χ3n) is 11.5. The molecule has 8 atom stereocenters. The largest absolute Gasteiger partial charge is 0.475 e. The summed E-state index contributed by atoms with van der Waals surface area (Å²) in [6, 6.07) is 0. The van der Waals surface area contributed by atoms with Crippen LogP contribution in [0.4, 0.5) is 0 Å². The summed E-state index contributed by atoms with van der Waals surface area (Å²) < 4.78 is 28.6. The predicted octanol–water partition coefficient (Wildman–Crippen LogP) is 5.57. The molecule has 1 saturated heterocycles. The maximum atomic E-state index is 13.6. The smallest absolute Gasteiger partial charge is 0.371 e. The van der Waals surface area contributed by atoms with Gasteiger partial charge in [-0.2, -0.15) is 0 Å². The van der Waals surface area contributed by atoms with Crippen molar-refractivity contribution >= 4 is 17.8 Å². The van der Waals surface area contributed by atoms with Crippen LogP contribution in [0.3, 0.4) is 0 Å². The highest BCUT2D eigenvalue weighted by molar-refractivity contribution is 5.84. The van der Waals surface area contributed by atoms with Gasteiger partial charge in [-0.1, -0.05) is 142 Å². The molecule has 2 heterocycles. The summed E-state index contributed by atoms with van der Waals surface area (Å²) in [5, 5.41) is 60.2. The van der Waals surface area contributed by atoms with E-state index < -0.39 is 66.5 Å². The summed E-state index contributed by atoms with van der Waals surface area (Å²) in [6.07, 6.45) is 15.5. The molecule has 0 aromatic carbocycles. The van der Waals surface area contributed by atoms with Crippen LogP contribution < -0.4 is 10.6 Å². The van der Waals surface area contributed by atoms with E-state index in [-0.39, 0.29) is 25.7 Å². The Labute approximate surface area is 378 Å². The monoisotopic (exact) mass is 903 g/mol. The highest BCUT2D eigenvalue weighted by atomic mass is 16.8. The number of nitrogens with zero attached hydrogens (tertiary/aromatic N) is 1. The van der Waals surface area contributed by atoms with Crippen molar-refractivity contribution in [3.8, 4) is 0 Å². The van der Waals surface area contributed by atoms with Gasteiger partial charge in [0, 0.05) is 26.3 Å². The molecule has 0 bridgehead atoms. The molecular weight excluding hydrogens is 815 g/mol. The lowest BCUT2D eigenvalue weighted by molar-refractivity contribution is -0.862. The number of quaternary nitrogens is 1. The molecule has 0 radical (unpaired) electrons. The maximum absolute atomic E-state index is 13.6. The van der Waals surface area contributed by atoms with Crippen LogP contribution in [0.15, 0.2) is 11.8 Å². The topological polar surface area (TPSA) is 223 Å². The number of likely N-dealkylation sites (N-methyl/N-ethyl adjacent to an activating group) is 1. The number of aliphatic hydroxyl groups is 4. The summed E-state index contributed by atoms with van der Waals surface area (Å²) in [5.74, 6) is -5.80. The summed E-state index contributed by atoms with van der Waals surface area (Å²) in [7, 11) is 6.08. The lowest BCUT2D eigenvalue weighted by Crippen LogP contribution is -2.72. The molecule has 0 unspecified atom stereocenters. The Bertz CT molecular complexity index is 1280. The van der Waals surface area contributed by atoms with Crippen molar-refractivity contribution in [3.05, 3.63) is 11.8 Å². The van der Waals surface area contributed by atoms with Crippen molar-refractivity contribution in [3.63, 3.8) is 0 Å². The van der Waals surface area contributed by atoms with Gasteiger partial charge in [-0.25, -0.2) is 4.79 Å². The van der Waals surface area contributed by atoms with E-state index in [9.17, 15) is 39.9 Å². The number of carbonyl (C=O) groups excluding carboxylic acids is 2. The number of amides is 2. The first-order valence-electron chi connectivity index (χ1n) is 24.4. The Morgan fingerprint density at radius 1 is 0.651 bits per heavy atom. The van der Waals surface area contributed by atoms with Gasteiger partial charge < -0.3 is 64.3 Å². The number of aliphatic hydroxyl groups excluding tert-OH is 3. The number of carbonyl (C=O) groups is 3. The summed E-state index contributed by atoms with van der Waals surface area (Å²) in [6.45, 7) is 5.78. The summed E-state index contributed by atoms with van der Waals surface area (Å²) in [5.41, 5.74) is 0. The molecule has 16 heteroatoms.